The summed E-state index contributed by atoms with van der Waals surface area (Å²) >= 11 is 5.09. The summed E-state index contributed by atoms with van der Waals surface area (Å²) in [6.07, 6.45) is 0. The maximum Gasteiger partial charge on any atom is 0.171 e. The molecule has 0 saturated heterocycles. The first-order valence-electron chi connectivity index (χ1n) is 5.62. The van der Waals surface area contributed by atoms with Crippen LogP contribution in [-0.2, 0) is 0 Å². The maximum atomic E-state index is 8.87. The summed E-state index contributed by atoms with van der Waals surface area (Å²) in [5.74, 6) is 0.123. The lowest BCUT2D eigenvalue weighted by molar-refractivity contribution is 0.318. The fourth-order valence-corrected chi connectivity index (χ4v) is 3.12. The largest absolute Gasteiger partial charge is 0.409 e. The molecule has 2 aromatic rings. The van der Waals surface area contributed by atoms with Crippen molar-refractivity contribution in [3.63, 3.8) is 0 Å². The van der Waals surface area contributed by atoms with Gasteiger partial charge in [-0.2, -0.15) is 0 Å². The number of halogens is 1. The third-order valence-corrected chi connectivity index (χ3v) is 4.68. The maximum absolute atomic E-state index is 8.87. The van der Waals surface area contributed by atoms with E-state index in [-0.39, 0.29) is 5.84 Å². The molecular weight excluding hydrogens is 324 g/mol. The van der Waals surface area contributed by atoms with E-state index in [1.165, 1.54) is 0 Å². The van der Waals surface area contributed by atoms with Gasteiger partial charge in [-0.25, -0.2) is 0 Å². The van der Waals surface area contributed by atoms with Crippen LogP contribution in [0.5, 0.6) is 0 Å². The van der Waals surface area contributed by atoms with Gasteiger partial charge in [-0.05, 0) is 47.1 Å². The third-order valence-electron chi connectivity index (χ3n) is 2.58. The van der Waals surface area contributed by atoms with Crippen molar-refractivity contribution in [1.29, 1.82) is 0 Å². The minimum absolute atomic E-state index is 0.123. The Labute approximate surface area is 124 Å². The van der Waals surface area contributed by atoms with E-state index in [9.17, 15) is 0 Å². The third kappa shape index (κ3) is 3.30. The topological polar surface area (TPSA) is 58.6 Å². The Morgan fingerprint density at radius 1 is 1.21 bits per heavy atom. The van der Waals surface area contributed by atoms with Crippen molar-refractivity contribution in [2.45, 2.75) is 16.7 Å². The number of benzene rings is 2. The molecular formula is C14H13BrN2OS. The molecule has 0 fully saturated rings. The van der Waals surface area contributed by atoms with Crippen LogP contribution >= 0.6 is 27.7 Å². The fourth-order valence-electron chi connectivity index (χ4n) is 1.63. The monoisotopic (exact) mass is 336 g/mol. The van der Waals surface area contributed by atoms with Gasteiger partial charge in [-0.3, -0.25) is 0 Å². The minimum Gasteiger partial charge on any atom is -0.409 e. The van der Waals surface area contributed by atoms with Gasteiger partial charge in [0, 0.05) is 19.8 Å². The van der Waals surface area contributed by atoms with Gasteiger partial charge >= 0.3 is 0 Å². The lowest BCUT2D eigenvalue weighted by atomic mass is 10.1. The molecule has 2 aromatic carbocycles. The van der Waals surface area contributed by atoms with Crippen LogP contribution in [0.1, 0.15) is 11.1 Å². The predicted octanol–water partition coefficient (Wildman–Crippen LogP) is 4.00. The number of hydrogen-bond acceptors (Lipinski definition) is 3. The predicted molar refractivity (Wildman–Crippen MR) is 82.0 cm³/mol. The van der Waals surface area contributed by atoms with Crippen molar-refractivity contribution in [2.75, 3.05) is 0 Å². The van der Waals surface area contributed by atoms with Crippen LogP contribution in [0.2, 0.25) is 0 Å². The average molecular weight is 337 g/mol. The van der Waals surface area contributed by atoms with Gasteiger partial charge in [-0.15, -0.1) is 0 Å². The summed E-state index contributed by atoms with van der Waals surface area (Å²) in [6, 6.07) is 13.8. The number of rotatable bonds is 3. The highest BCUT2D eigenvalue weighted by molar-refractivity contribution is 9.10. The number of nitrogens with zero attached hydrogens (tertiary/aromatic N) is 1. The van der Waals surface area contributed by atoms with Gasteiger partial charge in [0.05, 0.1) is 0 Å². The van der Waals surface area contributed by atoms with E-state index in [1.807, 2.05) is 49.4 Å². The van der Waals surface area contributed by atoms with Gasteiger partial charge in [0.15, 0.2) is 5.84 Å². The second kappa shape index (κ2) is 6.12. The molecule has 0 atom stereocenters. The van der Waals surface area contributed by atoms with Crippen molar-refractivity contribution < 1.29 is 5.21 Å². The van der Waals surface area contributed by atoms with E-state index in [0.29, 0.717) is 0 Å². The highest BCUT2D eigenvalue weighted by atomic mass is 79.9. The first kappa shape index (κ1) is 14.0. The quantitative estimate of drug-likeness (QED) is 0.385. The zero-order valence-corrected chi connectivity index (χ0v) is 12.7. The van der Waals surface area contributed by atoms with Gasteiger partial charge < -0.3 is 10.9 Å². The molecule has 2 rings (SSSR count). The van der Waals surface area contributed by atoms with E-state index < -0.39 is 0 Å². The number of hydrogen-bond donors (Lipinski definition) is 2. The molecule has 98 valence electrons. The molecule has 0 amide bonds. The Kier molecular flexibility index (Phi) is 4.50. The van der Waals surface area contributed by atoms with E-state index in [4.69, 9.17) is 10.9 Å². The Morgan fingerprint density at radius 3 is 2.63 bits per heavy atom. The summed E-state index contributed by atoms with van der Waals surface area (Å²) in [7, 11) is 0. The zero-order chi connectivity index (χ0) is 13.8. The number of amidine groups is 1. The van der Waals surface area contributed by atoms with Crippen LogP contribution in [0.15, 0.2) is 61.9 Å². The van der Waals surface area contributed by atoms with Gasteiger partial charge in [-0.1, -0.05) is 40.7 Å². The molecule has 0 aromatic heterocycles. The number of nitrogens with two attached hydrogens (primary N) is 1. The highest BCUT2D eigenvalue weighted by Gasteiger charge is 2.10. The van der Waals surface area contributed by atoms with Crippen molar-refractivity contribution in [2.24, 2.45) is 10.9 Å². The molecule has 5 heteroatoms. The van der Waals surface area contributed by atoms with Gasteiger partial charge in [0.25, 0.3) is 0 Å². The Balaban J connectivity index is 2.43. The summed E-state index contributed by atoms with van der Waals surface area (Å²) < 4.78 is 1.02. The molecule has 0 bridgehead atoms. The van der Waals surface area contributed by atoms with Crippen molar-refractivity contribution in [3.05, 3.63) is 58.1 Å². The highest BCUT2D eigenvalue weighted by Crippen LogP contribution is 2.35. The van der Waals surface area contributed by atoms with E-state index >= 15 is 0 Å². The zero-order valence-electron chi connectivity index (χ0n) is 10.3. The molecule has 19 heavy (non-hydrogen) atoms. The standard InChI is InChI=1S/C14H13BrN2OS/c1-9-6-7-12(10(8-9)14(16)17-18)19-13-5-3-2-4-11(13)15/h2-8,18H,1H3,(H2,16,17). The molecule has 0 unspecified atom stereocenters. The Bertz CT molecular complexity index is 629. The molecule has 0 radical (unpaired) electrons. The SMILES string of the molecule is Cc1ccc(Sc2ccccc2Br)c(/C(N)=N/O)c1. The fraction of sp³-hybridized carbons (Fsp3) is 0.0714. The molecule has 3 N–H and O–H groups in total. The van der Waals surface area contributed by atoms with Gasteiger partial charge in [0.2, 0.25) is 0 Å². The number of oxime groups is 1. The smallest absolute Gasteiger partial charge is 0.171 e. The first-order valence-corrected chi connectivity index (χ1v) is 7.23. The second-order valence-corrected chi connectivity index (χ2v) is 5.96. The summed E-state index contributed by atoms with van der Waals surface area (Å²) in [4.78, 5) is 2.03. The van der Waals surface area contributed by atoms with Crippen LogP contribution in [0.4, 0.5) is 0 Å². The lowest BCUT2D eigenvalue weighted by Crippen LogP contribution is -2.14. The van der Waals surface area contributed by atoms with Gasteiger partial charge in [0.1, 0.15) is 0 Å². The number of aryl methyl sites for hydroxylation is 1. The molecule has 0 saturated carbocycles. The minimum atomic E-state index is 0.123. The van der Waals surface area contributed by atoms with E-state index in [2.05, 4.69) is 21.1 Å². The normalized spacial score (nSPS) is 11.6. The van der Waals surface area contributed by atoms with Crippen LogP contribution in [0.3, 0.4) is 0 Å². The van der Waals surface area contributed by atoms with E-state index in [0.717, 1.165) is 25.4 Å². The summed E-state index contributed by atoms with van der Waals surface area (Å²) in [5, 5.41) is 12.0. The molecule has 0 heterocycles. The molecule has 0 aliphatic rings. The van der Waals surface area contributed by atoms with Crippen LogP contribution in [0.25, 0.3) is 0 Å². The second-order valence-electron chi connectivity index (χ2n) is 4.02. The Hall–Kier alpha value is -1.46. The van der Waals surface area contributed by atoms with Crippen LogP contribution < -0.4 is 5.73 Å². The first-order chi connectivity index (χ1) is 9.11. The van der Waals surface area contributed by atoms with Crippen LogP contribution in [-0.4, -0.2) is 11.0 Å². The Morgan fingerprint density at radius 2 is 1.95 bits per heavy atom. The molecule has 0 aliphatic heterocycles. The van der Waals surface area contributed by atoms with Crippen molar-refractivity contribution in [1.82, 2.24) is 0 Å². The van der Waals surface area contributed by atoms with Crippen molar-refractivity contribution >= 4 is 33.5 Å². The van der Waals surface area contributed by atoms with Crippen molar-refractivity contribution in [3.8, 4) is 0 Å². The summed E-state index contributed by atoms with van der Waals surface area (Å²) in [6.45, 7) is 1.97. The average Bonchev–Trinajstić information content (AvgIpc) is 2.42. The van der Waals surface area contributed by atoms with E-state index in [1.54, 1.807) is 11.8 Å². The molecule has 3 nitrogen and oxygen atoms in total. The summed E-state index contributed by atoms with van der Waals surface area (Å²) in [5.41, 5.74) is 7.54. The lowest BCUT2D eigenvalue weighted by Gasteiger charge is -2.10. The molecule has 0 spiro atoms. The molecule has 0 aliphatic carbocycles. The van der Waals surface area contributed by atoms with Crippen LogP contribution in [0, 0.1) is 6.92 Å².